The molecule has 10 heteroatoms. The summed E-state index contributed by atoms with van der Waals surface area (Å²) in [4.78, 5) is 15.9. The van der Waals surface area contributed by atoms with Crippen molar-refractivity contribution < 1.29 is 13.2 Å². The third kappa shape index (κ3) is 4.28. The largest absolute Gasteiger partial charge is 0.333 e. The second kappa shape index (κ2) is 7.80. The van der Waals surface area contributed by atoms with E-state index in [0.717, 1.165) is 11.1 Å². The number of hydrogen-bond donors (Lipinski definition) is 0. The summed E-state index contributed by atoms with van der Waals surface area (Å²) in [5.41, 5.74) is 1.80. The zero-order valence-corrected chi connectivity index (χ0v) is 16.6. The molecule has 1 aliphatic heterocycles. The molecule has 3 aromatic rings. The van der Waals surface area contributed by atoms with Gasteiger partial charge in [0.15, 0.2) is 9.84 Å². The van der Waals surface area contributed by atoms with Gasteiger partial charge in [-0.1, -0.05) is 30.3 Å². The molecule has 1 amide bonds. The average Bonchev–Trinajstić information content (AvgIpc) is 3.41. The van der Waals surface area contributed by atoms with Crippen molar-refractivity contribution in [2.75, 3.05) is 11.5 Å². The molecule has 1 atom stereocenters. The van der Waals surface area contributed by atoms with E-state index in [1.54, 1.807) is 4.90 Å². The van der Waals surface area contributed by atoms with Crippen LogP contribution >= 0.6 is 11.3 Å². The van der Waals surface area contributed by atoms with Gasteiger partial charge < -0.3 is 4.90 Å². The molecule has 4 rings (SSSR count). The van der Waals surface area contributed by atoms with Gasteiger partial charge in [0.2, 0.25) is 11.7 Å². The van der Waals surface area contributed by atoms with Gasteiger partial charge >= 0.3 is 0 Å². The summed E-state index contributed by atoms with van der Waals surface area (Å²) in [6.07, 6.45) is 0.450. The highest BCUT2D eigenvalue weighted by Crippen LogP contribution is 2.21. The van der Waals surface area contributed by atoms with Crippen LogP contribution in [0.3, 0.4) is 0 Å². The van der Waals surface area contributed by atoms with Crippen LogP contribution in [0.4, 0.5) is 0 Å². The maximum atomic E-state index is 13.0. The van der Waals surface area contributed by atoms with Crippen molar-refractivity contribution >= 4 is 27.1 Å². The van der Waals surface area contributed by atoms with E-state index in [9.17, 15) is 13.2 Å². The zero-order chi connectivity index (χ0) is 19.6. The summed E-state index contributed by atoms with van der Waals surface area (Å²) in [6.45, 7) is 0.270. The molecule has 1 aromatic carbocycles. The van der Waals surface area contributed by atoms with Gasteiger partial charge in [-0.2, -0.15) is 16.1 Å². The molecule has 0 unspecified atom stereocenters. The lowest BCUT2D eigenvalue weighted by Crippen LogP contribution is -2.42. The van der Waals surface area contributed by atoms with E-state index in [2.05, 4.69) is 15.4 Å². The fourth-order valence-corrected chi connectivity index (χ4v) is 5.62. The molecule has 0 saturated carbocycles. The van der Waals surface area contributed by atoms with Crippen molar-refractivity contribution in [1.29, 1.82) is 0 Å². The third-order valence-electron chi connectivity index (χ3n) is 4.67. The zero-order valence-electron chi connectivity index (χ0n) is 15.0. The van der Waals surface area contributed by atoms with E-state index in [-0.39, 0.29) is 30.0 Å². The van der Waals surface area contributed by atoms with Crippen molar-refractivity contribution in [2.45, 2.75) is 25.6 Å². The molecule has 28 heavy (non-hydrogen) atoms. The minimum atomic E-state index is -3.11. The number of carbonyl (C=O) groups is 1. The molecule has 1 fully saturated rings. The van der Waals surface area contributed by atoms with Crippen LogP contribution in [0, 0.1) is 0 Å². The Morgan fingerprint density at radius 3 is 2.75 bits per heavy atom. The minimum absolute atomic E-state index is 0.00346. The fraction of sp³-hybridized carbons (Fsp3) is 0.333. The smallest absolute Gasteiger partial charge is 0.246 e. The fourth-order valence-electron chi connectivity index (χ4n) is 3.25. The molecular weight excluding hydrogens is 398 g/mol. The first-order valence-electron chi connectivity index (χ1n) is 8.84. The number of amides is 1. The molecular formula is C18H19N5O3S2. The lowest BCUT2D eigenvalue weighted by atomic mass is 10.1. The van der Waals surface area contributed by atoms with Crippen molar-refractivity contribution in [2.24, 2.45) is 0 Å². The molecule has 0 radical (unpaired) electrons. The van der Waals surface area contributed by atoms with Crippen LogP contribution in [0.2, 0.25) is 0 Å². The lowest BCUT2D eigenvalue weighted by Gasteiger charge is -2.28. The number of hydrogen-bond acceptors (Lipinski definition) is 7. The number of aromatic nitrogens is 4. The van der Waals surface area contributed by atoms with Gasteiger partial charge in [0.25, 0.3) is 0 Å². The van der Waals surface area contributed by atoms with Gasteiger partial charge in [-0.3, -0.25) is 4.79 Å². The maximum absolute atomic E-state index is 13.0. The number of rotatable bonds is 6. The number of nitrogens with zero attached hydrogens (tertiary/aromatic N) is 5. The Balaban J connectivity index is 1.53. The van der Waals surface area contributed by atoms with Gasteiger partial charge in [-0.15, -0.1) is 10.2 Å². The predicted octanol–water partition coefficient (Wildman–Crippen LogP) is 1.62. The molecule has 0 aliphatic carbocycles. The van der Waals surface area contributed by atoms with Gasteiger partial charge in [0.1, 0.15) is 6.54 Å². The van der Waals surface area contributed by atoms with Gasteiger partial charge in [-0.05, 0) is 28.6 Å². The van der Waals surface area contributed by atoms with Crippen molar-refractivity contribution in [3.8, 4) is 11.4 Å². The first-order chi connectivity index (χ1) is 13.5. The molecule has 0 bridgehead atoms. The van der Waals surface area contributed by atoms with Crippen LogP contribution in [0.25, 0.3) is 11.4 Å². The quantitative estimate of drug-likeness (QED) is 0.604. The standard InChI is InChI=1S/C18H19N5O3S2/c24-17(11-23-20-18(19-21-23)15-6-8-27-12-15)22(10-14-4-2-1-3-5-14)16-7-9-28(25,26)13-16/h1-6,8,12,16H,7,9-11,13H2/t16-/m0/s1. The highest BCUT2D eigenvalue weighted by atomic mass is 32.2. The summed E-state index contributed by atoms with van der Waals surface area (Å²) >= 11 is 1.53. The Kier molecular flexibility index (Phi) is 5.23. The Morgan fingerprint density at radius 2 is 2.07 bits per heavy atom. The predicted molar refractivity (Wildman–Crippen MR) is 105 cm³/mol. The Hall–Kier alpha value is -2.59. The molecule has 1 saturated heterocycles. The molecule has 2 aromatic heterocycles. The number of thiophene rings is 1. The Morgan fingerprint density at radius 1 is 1.25 bits per heavy atom. The molecule has 3 heterocycles. The third-order valence-corrected chi connectivity index (χ3v) is 7.11. The van der Waals surface area contributed by atoms with E-state index < -0.39 is 9.84 Å². The van der Waals surface area contributed by atoms with E-state index >= 15 is 0 Å². The summed E-state index contributed by atoms with van der Waals surface area (Å²) in [6, 6.07) is 11.1. The van der Waals surface area contributed by atoms with E-state index in [0.29, 0.717) is 18.8 Å². The number of benzene rings is 1. The highest BCUT2D eigenvalue weighted by Gasteiger charge is 2.35. The monoisotopic (exact) mass is 417 g/mol. The maximum Gasteiger partial charge on any atom is 0.246 e. The Labute approximate surface area is 166 Å². The second-order valence-corrected chi connectivity index (χ2v) is 9.73. The first-order valence-corrected chi connectivity index (χ1v) is 11.6. The number of carbonyl (C=O) groups excluding carboxylic acids is 1. The van der Waals surface area contributed by atoms with Crippen molar-refractivity contribution in [1.82, 2.24) is 25.1 Å². The first kappa shape index (κ1) is 18.8. The van der Waals surface area contributed by atoms with Crippen LogP contribution < -0.4 is 0 Å². The molecule has 146 valence electrons. The van der Waals surface area contributed by atoms with Crippen LogP contribution in [-0.2, 0) is 27.7 Å². The average molecular weight is 418 g/mol. The summed E-state index contributed by atoms with van der Waals surface area (Å²) in [5, 5.41) is 16.1. The van der Waals surface area contributed by atoms with Gasteiger partial charge in [0.05, 0.1) is 11.5 Å². The van der Waals surface area contributed by atoms with Crippen molar-refractivity contribution in [3.63, 3.8) is 0 Å². The van der Waals surface area contributed by atoms with E-state index in [1.807, 2.05) is 47.2 Å². The summed E-state index contributed by atoms with van der Waals surface area (Å²) in [7, 11) is -3.11. The molecule has 0 N–H and O–H groups in total. The Bertz CT molecular complexity index is 1050. The number of sulfone groups is 1. The normalized spacial score (nSPS) is 18.2. The molecule has 0 spiro atoms. The van der Waals surface area contributed by atoms with Crippen LogP contribution in [0.15, 0.2) is 47.2 Å². The van der Waals surface area contributed by atoms with Crippen LogP contribution in [-0.4, -0.2) is 57.0 Å². The summed E-state index contributed by atoms with van der Waals surface area (Å²) in [5.74, 6) is 0.351. The van der Waals surface area contributed by atoms with Gasteiger partial charge in [-0.25, -0.2) is 8.42 Å². The SMILES string of the molecule is O=C(Cn1nnc(-c2ccsc2)n1)N(Cc1ccccc1)[C@H]1CCS(=O)(=O)C1. The van der Waals surface area contributed by atoms with Crippen LogP contribution in [0.5, 0.6) is 0 Å². The number of tetrazole rings is 1. The van der Waals surface area contributed by atoms with E-state index in [4.69, 9.17) is 0 Å². The second-order valence-electron chi connectivity index (χ2n) is 6.72. The van der Waals surface area contributed by atoms with Crippen molar-refractivity contribution in [3.05, 3.63) is 52.7 Å². The highest BCUT2D eigenvalue weighted by molar-refractivity contribution is 7.91. The molecule has 8 nitrogen and oxygen atoms in total. The summed E-state index contributed by atoms with van der Waals surface area (Å²) < 4.78 is 23.9. The minimum Gasteiger partial charge on any atom is -0.333 e. The van der Waals surface area contributed by atoms with Crippen LogP contribution in [0.1, 0.15) is 12.0 Å². The molecule has 1 aliphatic rings. The lowest BCUT2D eigenvalue weighted by molar-refractivity contribution is -0.134. The van der Waals surface area contributed by atoms with Gasteiger partial charge in [0, 0.05) is 23.5 Å². The topological polar surface area (TPSA) is 98.1 Å². The van der Waals surface area contributed by atoms with E-state index in [1.165, 1.54) is 16.1 Å².